The molecule has 0 aliphatic heterocycles. The minimum Gasteiger partial charge on any atom is -0.300 e. The summed E-state index contributed by atoms with van der Waals surface area (Å²) in [6.45, 7) is 1.74. The van der Waals surface area contributed by atoms with E-state index < -0.39 is 0 Å². The number of Topliss-reactive ketones (excluding diaryl/α,β-unsaturated/α-hetero) is 1. The van der Waals surface area contributed by atoms with Gasteiger partial charge in [-0.3, -0.25) is 4.79 Å². The molecule has 66 valence electrons. The van der Waals surface area contributed by atoms with E-state index in [-0.39, 0.29) is 0 Å². The van der Waals surface area contributed by atoms with Crippen molar-refractivity contribution in [3.63, 3.8) is 0 Å². The van der Waals surface area contributed by atoms with Gasteiger partial charge in [-0.25, -0.2) is 0 Å². The topological polar surface area (TPSA) is 17.1 Å². The molecule has 0 aromatic carbocycles. The summed E-state index contributed by atoms with van der Waals surface area (Å²) in [6, 6.07) is 0. The molecule has 0 bridgehead atoms. The molecule has 0 aromatic heterocycles. The molecule has 0 spiro atoms. The molecule has 3 aliphatic rings. The van der Waals surface area contributed by atoms with E-state index >= 15 is 0 Å². The van der Waals surface area contributed by atoms with Gasteiger partial charge in [0.2, 0.25) is 0 Å². The van der Waals surface area contributed by atoms with Gasteiger partial charge in [0.15, 0.2) is 0 Å². The summed E-state index contributed by atoms with van der Waals surface area (Å²) < 4.78 is 0. The fraction of sp³-hybridized carbons (Fsp3) is 0.900. The summed E-state index contributed by atoms with van der Waals surface area (Å²) in [7, 11) is 0. The molecule has 0 saturated heterocycles. The summed E-state index contributed by atoms with van der Waals surface area (Å²) in [4.78, 5) is 11.3. The van der Waals surface area contributed by atoms with Crippen molar-refractivity contribution in [3.05, 3.63) is 0 Å². The third kappa shape index (κ3) is 0.654. The highest BCUT2D eigenvalue weighted by molar-refractivity contribution is 6.22. The van der Waals surface area contributed by atoms with E-state index in [4.69, 9.17) is 11.6 Å². The molecule has 0 radical (unpaired) electrons. The molecule has 6 atom stereocenters. The van der Waals surface area contributed by atoms with Gasteiger partial charge < -0.3 is 0 Å². The van der Waals surface area contributed by atoms with Gasteiger partial charge in [-0.05, 0) is 43.4 Å². The first-order valence-corrected chi connectivity index (χ1v) is 5.30. The first-order valence-electron chi connectivity index (χ1n) is 4.86. The zero-order valence-corrected chi connectivity index (χ0v) is 7.92. The molecule has 1 nitrogen and oxygen atoms in total. The molecule has 3 aliphatic carbocycles. The lowest BCUT2D eigenvalue weighted by Gasteiger charge is -2.32. The second-order valence-corrected chi connectivity index (χ2v) is 5.14. The fourth-order valence-corrected chi connectivity index (χ4v) is 4.29. The number of hydrogen-bond donors (Lipinski definition) is 0. The maximum atomic E-state index is 11.3. The molecule has 3 fully saturated rings. The predicted molar refractivity (Wildman–Crippen MR) is 47.0 cm³/mol. The smallest absolute Gasteiger partial charge is 0.133 e. The Balaban J connectivity index is 1.84. The zero-order valence-electron chi connectivity index (χ0n) is 7.16. The second-order valence-electron chi connectivity index (χ2n) is 4.63. The van der Waals surface area contributed by atoms with Gasteiger partial charge in [-0.1, -0.05) is 0 Å². The van der Waals surface area contributed by atoms with Crippen LogP contribution in [0, 0.1) is 29.6 Å². The van der Waals surface area contributed by atoms with Crippen molar-refractivity contribution in [1.29, 1.82) is 0 Å². The molecule has 0 aromatic rings. The van der Waals surface area contributed by atoms with Gasteiger partial charge in [0, 0.05) is 11.3 Å². The molecule has 3 rings (SSSR count). The Morgan fingerprint density at radius 2 is 2.00 bits per heavy atom. The van der Waals surface area contributed by atoms with Gasteiger partial charge in [0.25, 0.3) is 0 Å². The Bertz CT molecular complexity index is 246. The molecule has 3 saturated carbocycles. The first-order chi connectivity index (χ1) is 5.72. The molecule has 5 unspecified atom stereocenters. The average molecular weight is 185 g/mol. The Morgan fingerprint density at radius 3 is 2.67 bits per heavy atom. The Labute approximate surface area is 77.5 Å². The number of rotatable bonds is 1. The van der Waals surface area contributed by atoms with E-state index in [1.807, 2.05) is 0 Å². The minimum atomic E-state index is 0.375. The minimum absolute atomic E-state index is 0.375. The number of carbonyl (C=O) groups excluding carboxylic acids is 1. The Kier molecular flexibility index (Phi) is 1.27. The van der Waals surface area contributed by atoms with Crippen molar-refractivity contribution in [2.45, 2.75) is 25.1 Å². The van der Waals surface area contributed by atoms with Crippen LogP contribution in [0.15, 0.2) is 0 Å². The van der Waals surface area contributed by atoms with Gasteiger partial charge >= 0.3 is 0 Å². The largest absolute Gasteiger partial charge is 0.300 e. The summed E-state index contributed by atoms with van der Waals surface area (Å²) in [5.74, 6) is 3.83. The average Bonchev–Trinajstić information content (AvgIpc) is 2.73. The third-order valence-corrected chi connectivity index (χ3v) is 4.88. The van der Waals surface area contributed by atoms with Crippen molar-refractivity contribution < 1.29 is 4.79 Å². The molecule has 12 heavy (non-hydrogen) atoms. The Morgan fingerprint density at radius 1 is 1.25 bits per heavy atom. The van der Waals surface area contributed by atoms with Crippen LogP contribution in [0.4, 0.5) is 0 Å². The number of halogens is 1. The molecular formula is C10H13ClO. The van der Waals surface area contributed by atoms with E-state index in [2.05, 4.69) is 0 Å². The lowest BCUT2D eigenvalue weighted by atomic mass is 9.77. The Hall–Kier alpha value is -0.0400. The quantitative estimate of drug-likeness (QED) is 0.571. The molecular weight excluding hydrogens is 172 g/mol. The highest BCUT2D eigenvalue weighted by Crippen LogP contribution is 2.73. The molecule has 0 heterocycles. The zero-order chi connectivity index (χ0) is 8.46. The SMILES string of the molecule is CC(=O)C1CC[C@@H]2C(Cl)C3C1C32. The maximum absolute atomic E-state index is 11.3. The lowest BCUT2D eigenvalue weighted by Crippen LogP contribution is -2.31. The van der Waals surface area contributed by atoms with Crippen LogP contribution in [0.5, 0.6) is 0 Å². The molecule has 2 heteroatoms. The van der Waals surface area contributed by atoms with Crippen LogP contribution < -0.4 is 0 Å². The van der Waals surface area contributed by atoms with Gasteiger partial charge in [-0.2, -0.15) is 0 Å². The van der Waals surface area contributed by atoms with Crippen molar-refractivity contribution in [1.82, 2.24) is 0 Å². The normalized spacial score (nSPS) is 60.2. The summed E-state index contributed by atoms with van der Waals surface area (Å²) >= 11 is 6.20. The third-order valence-electron chi connectivity index (χ3n) is 4.26. The van der Waals surface area contributed by atoms with Crippen molar-refractivity contribution in [2.75, 3.05) is 0 Å². The maximum Gasteiger partial charge on any atom is 0.133 e. The first kappa shape index (κ1) is 7.37. The highest BCUT2D eigenvalue weighted by atomic mass is 35.5. The fourth-order valence-electron chi connectivity index (χ4n) is 3.66. The summed E-state index contributed by atoms with van der Waals surface area (Å²) in [5, 5.41) is 0.421. The van der Waals surface area contributed by atoms with Crippen molar-refractivity contribution in [3.8, 4) is 0 Å². The van der Waals surface area contributed by atoms with E-state index in [1.54, 1.807) is 6.92 Å². The molecule has 0 amide bonds. The van der Waals surface area contributed by atoms with E-state index in [1.165, 1.54) is 6.42 Å². The van der Waals surface area contributed by atoms with Gasteiger partial charge in [0.1, 0.15) is 5.78 Å². The van der Waals surface area contributed by atoms with E-state index in [0.29, 0.717) is 23.0 Å². The van der Waals surface area contributed by atoms with Gasteiger partial charge in [-0.15, -0.1) is 11.6 Å². The standard InChI is InChI=1S/C10H13ClO/c1-4(12)5-2-3-6-8-7(5)9(8)10(6)11/h5-10H,2-3H2,1H3/t5?,6-,7?,8?,9?,10?/m0/s1. The number of fused-ring (bicyclic) bond motifs is 1. The highest BCUT2D eigenvalue weighted by Gasteiger charge is 2.72. The van der Waals surface area contributed by atoms with Crippen LogP contribution in [-0.2, 0) is 4.79 Å². The van der Waals surface area contributed by atoms with Crippen LogP contribution in [0.25, 0.3) is 0 Å². The number of ketones is 1. The van der Waals surface area contributed by atoms with Crippen LogP contribution in [0.2, 0.25) is 0 Å². The number of alkyl halides is 1. The summed E-state index contributed by atoms with van der Waals surface area (Å²) in [5.41, 5.74) is 0. The number of carbonyl (C=O) groups is 1. The van der Waals surface area contributed by atoms with Crippen LogP contribution in [-0.4, -0.2) is 11.2 Å². The van der Waals surface area contributed by atoms with E-state index in [0.717, 1.165) is 24.2 Å². The van der Waals surface area contributed by atoms with Crippen molar-refractivity contribution in [2.24, 2.45) is 29.6 Å². The predicted octanol–water partition coefficient (Wildman–Crippen LogP) is 2.08. The second kappa shape index (κ2) is 2.06. The number of hydrogen-bond acceptors (Lipinski definition) is 1. The molecule has 0 N–H and O–H groups in total. The monoisotopic (exact) mass is 184 g/mol. The van der Waals surface area contributed by atoms with Crippen LogP contribution >= 0.6 is 11.6 Å². The van der Waals surface area contributed by atoms with Crippen molar-refractivity contribution >= 4 is 17.4 Å². The van der Waals surface area contributed by atoms with Crippen LogP contribution in [0.1, 0.15) is 19.8 Å². The summed E-state index contributed by atoms with van der Waals surface area (Å²) in [6.07, 6.45) is 2.32. The van der Waals surface area contributed by atoms with Gasteiger partial charge in [0.05, 0.1) is 0 Å². The van der Waals surface area contributed by atoms with Crippen LogP contribution in [0.3, 0.4) is 0 Å². The lowest BCUT2D eigenvalue weighted by molar-refractivity contribution is -0.122. The van der Waals surface area contributed by atoms with E-state index in [9.17, 15) is 4.79 Å².